The number of aromatic nitrogens is 4. The summed E-state index contributed by atoms with van der Waals surface area (Å²) in [6.45, 7) is 0. The van der Waals surface area contributed by atoms with Crippen molar-refractivity contribution in [3.05, 3.63) is 35.6 Å². The molecular weight excluding hydrogens is 176 g/mol. The van der Waals surface area contributed by atoms with Gasteiger partial charge in [-0.1, -0.05) is 23.4 Å². The molecule has 12 heavy (non-hydrogen) atoms. The summed E-state index contributed by atoms with van der Waals surface area (Å²) in [7, 11) is 0. The molecule has 0 atom stereocenters. The molecule has 0 radical (unpaired) electrons. The van der Waals surface area contributed by atoms with Crippen LogP contribution in [0.2, 0.25) is 5.28 Å². The first kappa shape index (κ1) is 7.24. The number of hydrogen-bond acceptors (Lipinski definition) is 2. The molecule has 0 aliphatic carbocycles. The van der Waals surface area contributed by atoms with Crippen molar-refractivity contribution in [3.63, 3.8) is 0 Å². The van der Waals surface area contributed by atoms with Gasteiger partial charge in [0.05, 0.1) is 0 Å². The molecule has 0 aliphatic heterocycles. The highest BCUT2D eigenvalue weighted by atomic mass is 35.5. The fraction of sp³-hybridized carbons (Fsp3) is 0. The number of aromatic amines is 1. The number of rotatable bonds is 1. The minimum atomic E-state index is 0.321. The van der Waals surface area contributed by atoms with Crippen LogP contribution in [0.25, 0.3) is 5.69 Å². The molecule has 0 aliphatic rings. The summed E-state index contributed by atoms with van der Waals surface area (Å²) in [6.07, 6.45) is 0. The number of tetrazole rings is 1. The van der Waals surface area contributed by atoms with E-state index >= 15 is 0 Å². The quantitative estimate of drug-likeness (QED) is 0.660. The van der Waals surface area contributed by atoms with E-state index in [9.17, 15) is 0 Å². The highest BCUT2D eigenvalue weighted by Crippen LogP contribution is 2.00. The van der Waals surface area contributed by atoms with Crippen LogP contribution in [0.15, 0.2) is 30.3 Å². The van der Waals surface area contributed by atoms with E-state index in [4.69, 9.17) is 11.6 Å². The molecule has 0 bridgehead atoms. The largest absolute Gasteiger partial charge is 0.400 e. The molecule has 2 aromatic rings. The fourth-order valence-electron chi connectivity index (χ4n) is 0.936. The summed E-state index contributed by atoms with van der Waals surface area (Å²) < 4.78 is 1.58. The van der Waals surface area contributed by atoms with Gasteiger partial charge in [-0.25, -0.2) is 0 Å². The van der Waals surface area contributed by atoms with Gasteiger partial charge in [0, 0.05) is 0 Å². The van der Waals surface area contributed by atoms with Crippen LogP contribution < -0.4 is 4.68 Å². The third-order valence-corrected chi connectivity index (χ3v) is 1.72. The molecule has 0 saturated carbocycles. The Hall–Kier alpha value is -1.42. The van der Waals surface area contributed by atoms with Crippen LogP contribution in [-0.4, -0.2) is 15.5 Å². The number of hydrogen-bond donors (Lipinski definition) is 1. The number of nitrogens with one attached hydrogen (secondary N) is 1. The van der Waals surface area contributed by atoms with E-state index in [0.717, 1.165) is 5.69 Å². The van der Waals surface area contributed by atoms with Crippen LogP contribution in [0.3, 0.4) is 0 Å². The summed E-state index contributed by atoms with van der Waals surface area (Å²) in [5, 5.41) is 10.1. The molecule has 1 aromatic carbocycles. The first-order valence-electron chi connectivity index (χ1n) is 3.42. The predicted octanol–water partition coefficient (Wildman–Crippen LogP) is 0.735. The molecule has 0 unspecified atom stereocenters. The van der Waals surface area contributed by atoms with Crippen LogP contribution >= 0.6 is 11.6 Å². The zero-order chi connectivity index (χ0) is 8.39. The van der Waals surface area contributed by atoms with E-state index in [1.54, 1.807) is 4.68 Å². The molecule has 1 heterocycles. The van der Waals surface area contributed by atoms with E-state index in [2.05, 4.69) is 15.5 Å². The maximum atomic E-state index is 5.73. The second-order valence-electron chi connectivity index (χ2n) is 2.24. The first-order chi connectivity index (χ1) is 5.88. The van der Waals surface area contributed by atoms with Gasteiger partial charge in [0.2, 0.25) is 0 Å². The van der Waals surface area contributed by atoms with Crippen LogP contribution in [0.1, 0.15) is 0 Å². The summed E-state index contributed by atoms with van der Waals surface area (Å²) in [4.78, 5) is 0. The monoisotopic (exact) mass is 181 g/mol. The van der Waals surface area contributed by atoms with Gasteiger partial charge in [0.25, 0.3) is 0 Å². The molecule has 0 amide bonds. The molecular formula is C7H6ClN4+. The minimum absolute atomic E-state index is 0.321. The van der Waals surface area contributed by atoms with Crippen molar-refractivity contribution in [1.29, 1.82) is 0 Å². The Kier molecular flexibility index (Phi) is 1.75. The standard InChI is InChI=1S/C7H5ClN4/c8-7-9-10-11-12(7)6-4-2-1-3-5-6/h1-5H/p+1. The van der Waals surface area contributed by atoms with Crippen molar-refractivity contribution in [2.45, 2.75) is 0 Å². The van der Waals surface area contributed by atoms with Crippen LogP contribution in [0.4, 0.5) is 0 Å². The van der Waals surface area contributed by atoms with Gasteiger partial charge in [-0.2, -0.15) is 0 Å². The first-order valence-corrected chi connectivity index (χ1v) is 3.80. The summed E-state index contributed by atoms with van der Waals surface area (Å²) >= 11 is 5.73. The second-order valence-corrected chi connectivity index (χ2v) is 2.58. The molecule has 0 spiro atoms. The second kappa shape index (κ2) is 2.91. The van der Waals surface area contributed by atoms with Crippen molar-refractivity contribution in [2.24, 2.45) is 0 Å². The van der Waals surface area contributed by atoms with Crippen molar-refractivity contribution < 1.29 is 4.68 Å². The average Bonchev–Trinajstić information content (AvgIpc) is 2.53. The molecule has 60 valence electrons. The normalized spacial score (nSPS) is 10.1. The van der Waals surface area contributed by atoms with Gasteiger partial charge in [0.15, 0.2) is 5.21 Å². The van der Waals surface area contributed by atoms with E-state index < -0.39 is 0 Å². The lowest BCUT2D eigenvalue weighted by Crippen LogP contribution is -2.33. The maximum absolute atomic E-state index is 5.73. The average molecular weight is 182 g/mol. The fourth-order valence-corrected chi connectivity index (χ4v) is 1.11. The lowest BCUT2D eigenvalue weighted by Gasteiger charge is -1.92. The molecule has 4 nitrogen and oxygen atoms in total. The number of halogens is 1. The Labute approximate surface area is 73.8 Å². The predicted molar refractivity (Wildman–Crippen MR) is 42.9 cm³/mol. The molecule has 0 fully saturated rings. The Morgan fingerprint density at radius 1 is 1.25 bits per heavy atom. The van der Waals surface area contributed by atoms with Crippen LogP contribution in [-0.2, 0) is 0 Å². The highest BCUT2D eigenvalue weighted by Gasteiger charge is 2.11. The Morgan fingerprint density at radius 2 is 2.00 bits per heavy atom. The Morgan fingerprint density at radius 3 is 2.58 bits per heavy atom. The van der Waals surface area contributed by atoms with Gasteiger partial charge in [-0.05, 0) is 23.7 Å². The summed E-state index contributed by atoms with van der Waals surface area (Å²) in [5.41, 5.74) is 0.910. The van der Waals surface area contributed by atoms with E-state index in [1.165, 1.54) is 0 Å². The number of H-pyrrole nitrogens is 1. The van der Waals surface area contributed by atoms with Crippen molar-refractivity contribution >= 4 is 11.6 Å². The molecule has 1 N–H and O–H groups in total. The summed E-state index contributed by atoms with van der Waals surface area (Å²) in [6, 6.07) is 9.58. The van der Waals surface area contributed by atoms with Crippen LogP contribution in [0, 0.1) is 0 Å². The lowest BCUT2D eigenvalue weighted by atomic mass is 10.3. The van der Waals surface area contributed by atoms with Gasteiger partial charge < -0.3 is 0 Å². The highest BCUT2D eigenvalue weighted by molar-refractivity contribution is 6.27. The van der Waals surface area contributed by atoms with E-state index in [0.29, 0.717) is 5.28 Å². The Bertz CT molecular complexity index is 370. The molecule has 0 saturated heterocycles. The maximum Gasteiger partial charge on any atom is 0.400 e. The third-order valence-electron chi connectivity index (χ3n) is 1.48. The van der Waals surface area contributed by atoms with Crippen molar-refractivity contribution in [1.82, 2.24) is 15.5 Å². The minimum Gasteiger partial charge on any atom is -0.113 e. The van der Waals surface area contributed by atoms with Crippen molar-refractivity contribution in [3.8, 4) is 5.69 Å². The van der Waals surface area contributed by atoms with E-state index in [-0.39, 0.29) is 0 Å². The number of benzene rings is 1. The van der Waals surface area contributed by atoms with Gasteiger partial charge in [-0.15, -0.1) is 4.68 Å². The molecule has 1 aromatic heterocycles. The Balaban J connectivity index is 2.51. The zero-order valence-corrected chi connectivity index (χ0v) is 6.86. The molecule has 5 heteroatoms. The lowest BCUT2D eigenvalue weighted by molar-refractivity contribution is -0.658. The summed E-state index contributed by atoms with van der Waals surface area (Å²) in [5.74, 6) is 0. The van der Waals surface area contributed by atoms with Crippen molar-refractivity contribution in [2.75, 3.05) is 0 Å². The van der Waals surface area contributed by atoms with Crippen LogP contribution in [0.5, 0.6) is 0 Å². The molecule has 2 rings (SSSR count). The smallest absolute Gasteiger partial charge is 0.113 e. The zero-order valence-electron chi connectivity index (χ0n) is 6.11. The number of para-hydroxylation sites is 1. The topological polar surface area (TPSA) is 45.5 Å². The number of nitrogens with zero attached hydrogens (tertiary/aromatic N) is 3. The van der Waals surface area contributed by atoms with Gasteiger partial charge in [-0.3, -0.25) is 0 Å². The van der Waals surface area contributed by atoms with Gasteiger partial charge >= 0.3 is 5.28 Å². The SMILES string of the molecule is Clc1nn[nH][n+]1-c1ccccc1. The van der Waals surface area contributed by atoms with E-state index in [1.807, 2.05) is 30.3 Å². The van der Waals surface area contributed by atoms with Gasteiger partial charge in [0.1, 0.15) is 10.8 Å². The third kappa shape index (κ3) is 1.16.